The van der Waals surface area contributed by atoms with Gasteiger partial charge in [-0.25, -0.2) is 4.79 Å². The lowest BCUT2D eigenvalue weighted by molar-refractivity contribution is 0.163. The van der Waals surface area contributed by atoms with Crippen LogP contribution in [0.4, 0.5) is 4.79 Å². The summed E-state index contributed by atoms with van der Waals surface area (Å²) in [6.45, 7) is 6.34. The molecule has 0 spiro atoms. The molecule has 0 saturated carbocycles. The minimum atomic E-state index is -0.577. The number of hydrogen-bond donors (Lipinski definition) is 3. The molecule has 2 amide bonds. The maximum Gasteiger partial charge on any atom is 0.315 e. The van der Waals surface area contributed by atoms with Gasteiger partial charge in [-0.1, -0.05) is 38.5 Å². The predicted molar refractivity (Wildman–Crippen MR) is 88.3 cm³/mol. The summed E-state index contributed by atoms with van der Waals surface area (Å²) in [5, 5.41) is 15.1. The van der Waals surface area contributed by atoms with Crippen molar-refractivity contribution < 1.29 is 14.6 Å². The largest absolute Gasteiger partial charge is 0.496 e. The van der Waals surface area contributed by atoms with Gasteiger partial charge in [0.1, 0.15) is 5.75 Å². The number of ether oxygens (including phenoxy) is 1. The zero-order valence-corrected chi connectivity index (χ0v) is 14.0. The van der Waals surface area contributed by atoms with E-state index in [1.807, 2.05) is 45.0 Å². The molecule has 1 rings (SSSR count). The van der Waals surface area contributed by atoms with Crippen molar-refractivity contribution in [2.24, 2.45) is 0 Å². The van der Waals surface area contributed by atoms with Crippen LogP contribution in [-0.4, -0.2) is 36.9 Å². The van der Waals surface area contributed by atoms with E-state index in [1.165, 1.54) is 0 Å². The second-order valence-electron chi connectivity index (χ2n) is 5.95. The number of para-hydroxylation sites is 1. The molecule has 5 nitrogen and oxygen atoms in total. The molecule has 5 heteroatoms. The molecule has 1 aromatic carbocycles. The van der Waals surface area contributed by atoms with Gasteiger partial charge >= 0.3 is 6.03 Å². The SMILES string of the molecule is CCCC(C)(CO)NC(=O)NCC(C)c1ccccc1OC. The van der Waals surface area contributed by atoms with Crippen LogP contribution < -0.4 is 15.4 Å². The van der Waals surface area contributed by atoms with Crippen LogP contribution in [0.15, 0.2) is 24.3 Å². The standard InChI is InChI=1S/C17H28N2O3/c1-5-10-17(3,12-20)19-16(21)18-11-13(2)14-8-6-7-9-15(14)22-4/h6-9,13,20H,5,10-12H2,1-4H3,(H2,18,19,21). The summed E-state index contributed by atoms with van der Waals surface area (Å²) in [5.41, 5.74) is 0.482. The van der Waals surface area contributed by atoms with Gasteiger partial charge < -0.3 is 20.5 Å². The quantitative estimate of drug-likeness (QED) is 0.691. The fourth-order valence-electron chi connectivity index (χ4n) is 2.48. The summed E-state index contributed by atoms with van der Waals surface area (Å²) in [5.74, 6) is 0.955. The first-order valence-corrected chi connectivity index (χ1v) is 7.75. The topological polar surface area (TPSA) is 70.6 Å². The van der Waals surface area contributed by atoms with Crippen molar-refractivity contribution in [2.75, 3.05) is 20.3 Å². The van der Waals surface area contributed by atoms with E-state index >= 15 is 0 Å². The number of rotatable bonds is 8. The lowest BCUT2D eigenvalue weighted by atomic mass is 9.97. The molecule has 0 radical (unpaired) electrons. The fourth-order valence-corrected chi connectivity index (χ4v) is 2.48. The summed E-state index contributed by atoms with van der Waals surface area (Å²) in [6, 6.07) is 7.53. The molecular formula is C17H28N2O3. The van der Waals surface area contributed by atoms with Gasteiger partial charge in [0, 0.05) is 12.5 Å². The number of hydrogen-bond acceptors (Lipinski definition) is 3. The highest BCUT2D eigenvalue weighted by Crippen LogP contribution is 2.25. The molecule has 0 aromatic heterocycles. The van der Waals surface area contributed by atoms with E-state index in [1.54, 1.807) is 7.11 Å². The summed E-state index contributed by atoms with van der Waals surface area (Å²) in [4.78, 5) is 12.0. The average molecular weight is 308 g/mol. The van der Waals surface area contributed by atoms with E-state index < -0.39 is 5.54 Å². The Kier molecular flexibility index (Phi) is 7.18. The minimum absolute atomic E-state index is 0.0731. The van der Waals surface area contributed by atoms with Crippen LogP contribution in [0, 0.1) is 0 Å². The molecule has 0 aliphatic heterocycles. The van der Waals surface area contributed by atoms with Crippen LogP contribution in [0.1, 0.15) is 45.1 Å². The van der Waals surface area contributed by atoms with E-state index in [0.29, 0.717) is 6.54 Å². The number of aliphatic hydroxyl groups excluding tert-OH is 1. The summed E-state index contributed by atoms with van der Waals surface area (Å²) in [6.07, 6.45) is 1.63. The van der Waals surface area contributed by atoms with Crippen molar-refractivity contribution >= 4 is 6.03 Å². The monoisotopic (exact) mass is 308 g/mol. The number of methoxy groups -OCH3 is 1. The van der Waals surface area contributed by atoms with Crippen LogP contribution in [0.3, 0.4) is 0 Å². The Morgan fingerprint density at radius 2 is 2.09 bits per heavy atom. The third kappa shape index (κ3) is 5.22. The van der Waals surface area contributed by atoms with Crippen LogP contribution in [0.25, 0.3) is 0 Å². The van der Waals surface area contributed by atoms with Gasteiger partial charge in [-0.3, -0.25) is 0 Å². The van der Waals surface area contributed by atoms with E-state index in [0.717, 1.165) is 24.2 Å². The van der Waals surface area contributed by atoms with Gasteiger partial charge in [-0.2, -0.15) is 0 Å². The van der Waals surface area contributed by atoms with Crippen LogP contribution in [0.5, 0.6) is 5.75 Å². The molecule has 22 heavy (non-hydrogen) atoms. The van der Waals surface area contributed by atoms with Crippen molar-refractivity contribution in [3.8, 4) is 5.75 Å². The van der Waals surface area contributed by atoms with E-state index in [4.69, 9.17) is 4.74 Å². The second kappa shape index (κ2) is 8.63. The first kappa shape index (κ1) is 18.3. The number of carbonyl (C=O) groups excluding carboxylic acids is 1. The molecule has 3 N–H and O–H groups in total. The molecular weight excluding hydrogens is 280 g/mol. The van der Waals surface area contributed by atoms with Gasteiger partial charge in [0.05, 0.1) is 19.3 Å². The van der Waals surface area contributed by atoms with Crippen LogP contribution >= 0.6 is 0 Å². The fraction of sp³-hybridized carbons (Fsp3) is 0.588. The highest BCUT2D eigenvalue weighted by molar-refractivity contribution is 5.74. The highest BCUT2D eigenvalue weighted by Gasteiger charge is 2.24. The normalized spacial score (nSPS) is 14.8. The average Bonchev–Trinajstić information content (AvgIpc) is 2.52. The number of urea groups is 1. The van der Waals surface area contributed by atoms with Gasteiger partial charge in [-0.05, 0) is 25.0 Å². The van der Waals surface area contributed by atoms with Gasteiger partial charge in [0.15, 0.2) is 0 Å². The molecule has 0 aliphatic rings. The first-order chi connectivity index (χ1) is 10.5. The highest BCUT2D eigenvalue weighted by atomic mass is 16.5. The Bertz CT molecular complexity index is 479. The van der Waals surface area contributed by atoms with Gasteiger partial charge in [0.25, 0.3) is 0 Å². The Labute approximate surface area is 133 Å². The van der Waals surface area contributed by atoms with Crippen molar-refractivity contribution in [1.82, 2.24) is 10.6 Å². The van der Waals surface area contributed by atoms with Crippen molar-refractivity contribution in [2.45, 2.75) is 45.1 Å². The molecule has 124 valence electrons. The third-order valence-corrected chi connectivity index (χ3v) is 3.80. The van der Waals surface area contributed by atoms with Gasteiger partial charge in [0.2, 0.25) is 0 Å². The number of amides is 2. The Balaban J connectivity index is 2.56. The lowest BCUT2D eigenvalue weighted by Crippen LogP contribution is -2.52. The Morgan fingerprint density at radius 3 is 2.68 bits per heavy atom. The molecule has 2 atom stereocenters. The molecule has 2 unspecified atom stereocenters. The molecule has 0 aliphatic carbocycles. The van der Waals surface area contributed by atoms with E-state index in [-0.39, 0.29) is 18.6 Å². The predicted octanol–water partition coefficient (Wildman–Crippen LogP) is 2.65. The summed E-state index contributed by atoms with van der Waals surface area (Å²) < 4.78 is 5.34. The number of nitrogens with one attached hydrogen (secondary N) is 2. The van der Waals surface area contributed by atoms with Crippen molar-refractivity contribution in [3.05, 3.63) is 29.8 Å². The third-order valence-electron chi connectivity index (χ3n) is 3.80. The maximum atomic E-state index is 12.0. The van der Waals surface area contributed by atoms with Crippen LogP contribution in [0.2, 0.25) is 0 Å². The molecule has 0 saturated heterocycles. The summed E-state index contributed by atoms with van der Waals surface area (Å²) >= 11 is 0. The Hall–Kier alpha value is -1.75. The first-order valence-electron chi connectivity index (χ1n) is 7.75. The lowest BCUT2D eigenvalue weighted by Gasteiger charge is -2.28. The number of carbonyl (C=O) groups is 1. The van der Waals surface area contributed by atoms with E-state index in [2.05, 4.69) is 10.6 Å². The Morgan fingerprint density at radius 1 is 1.41 bits per heavy atom. The second-order valence-corrected chi connectivity index (χ2v) is 5.95. The number of aliphatic hydroxyl groups is 1. The minimum Gasteiger partial charge on any atom is -0.496 e. The molecule has 0 fully saturated rings. The van der Waals surface area contributed by atoms with Crippen molar-refractivity contribution in [3.63, 3.8) is 0 Å². The summed E-state index contributed by atoms with van der Waals surface area (Å²) in [7, 11) is 1.64. The van der Waals surface area contributed by atoms with Crippen LogP contribution in [-0.2, 0) is 0 Å². The maximum absolute atomic E-state index is 12.0. The zero-order chi connectivity index (χ0) is 16.6. The van der Waals surface area contributed by atoms with Crippen molar-refractivity contribution in [1.29, 1.82) is 0 Å². The molecule has 1 aromatic rings. The molecule has 0 heterocycles. The zero-order valence-electron chi connectivity index (χ0n) is 14.0. The smallest absolute Gasteiger partial charge is 0.315 e. The van der Waals surface area contributed by atoms with Gasteiger partial charge in [-0.15, -0.1) is 0 Å². The number of benzene rings is 1. The molecule has 0 bridgehead atoms. The van der Waals surface area contributed by atoms with E-state index in [9.17, 15) is 9.90 Å².